The van der Waals surface area contributed by atoms with E-state index in [1.807, 2.05) is 9.80 Å². The normalized spacial score (nSPS) is 18.8. The van der Waals surface area contributed by atoms with Crippen LogP contribution in [0.3, 0.4) is 0 Å². The van der Waals surface area contributed by atoms with Crippen molar-refractivity contribution in [1.29, 1.82) is 0 Å². The molecule has 154 valence electrons. The minimum Gasteiger partial charge on any atom is -0.333 e. The van der Waals surface area contributed by atoms with Gasteiger partial charge < -0.3 is 9.80 Å². The molecular formula is C24H30N2O2S. The third-order valence-corrected chi connectivity index (χ3v) is 7.26. The fraction of sp³-hybridized carbons (Fsp3) is 0.500. The minimum absolute atomic E-state index is 0.0552. The number of carbonyl (C=O) groups excluding carboxylic acids is 2. The Morgan fingerprint density at radius 1 is 1.17 bits per heavy atom. The molecule has 4 nitrogen and oxygen atoms in total. The van der Waals surface area contributed by atoms with Gasteiger partial charge in [-0.15, -0.1) is 11.3 Å². The molecule has 1 aromatic carbocycles. The van der Waals surface area contributed by atoms with Crippen LogP contribution in [0.4, 0.5) is 0 Å². The van der Waals surface area contributed by atoms with Crippen LogP contribution in [-0.4, -0.2) is 41.2 Å². The van der Waals surface area contributed by atoms with Crippen LogP contribution >= 0.6 is 11.3 Å². The number of nitrogens with zero attached hydrogens (tertiary/aromatic N) is 2. The predicted molar refractivity (Wildman–Crippen MR) is 117 cm³/mol. The van der Waals surface area contributed by atoms with Gasteiger partial charge in [0.2, 0.25) is 11.8 Å². The molecule has 0 N–H and O–H groups in total. The molecule has 1 fully saturated rings. The van der Waals surface area contributed by atoms with Crippen molar-refractivity contribution in [3.8, 4) is 0 Å². The van der Waals surface area contributed by atoms with Crippen LogP contribution in [0.5, 0.6) is 0 Å². The van der Waals surface area contributed by atoms with Gasteiger partial charge in [0.15, 0.2) is 0 Å². The lowest BCUT2D eigenvalue weighted by molar-refractivity contribution is -0.145. The zero-order chi connectivity index (χ0) is 20.4. The zero-order valence-electron chi connectivity index (χ0n) is 17.4. The summed E-state index contributed by atoms with van der Waals surface area (Å²) < 4.78 is 0. The Morgan fingerprint density at radius 2 is 1.93 bits per heavy atom. The summed E-state index contributed by atoms with van der Waals surface area (Å²) in [6.45, 7) is 5.72. The summed E-state index contributed by atoms with van der Waals surface area (Å²) >= 11 is 1.78. The van der Waals surface area contributed by atoms with E-state index in [1.54, 1.807) is 11.3 Å². The number of hydrogen-bond donors (Lipinski definition) is 0. The molecule has 1 aliphatic carbocycles. The summed E-state index contributed by atoms with van der Waals surface area (Å²) in [6, 6.07) is 10.6. The Balaban J connectivity index is 1.58. The molecule has 1 atom stereocenters. The van der Waals surface area contributed by atoms with Crippen LogP contribution in [0.1, 0.15) is 60.2 Å². The van der Waals surface area contributed by atoms with Gasteiger partial charge in [-0.3, -0.25) is 9.59 Å². The molecule has 2 heterocycles. The Hall–Kier alpha value is -2.14. The maximum Gasteiger partial charge on any atom is 0.242 e. The summed E-state index contributed by atoms with van der Waals surface area (Å²) in [5.41, 5.74) is 3.61. The summed E-state index contributed by atoms with van der Waals surface area (Å²) in [5, 5.41) is 2.13. The first-order valence-corrected chi connectivity index (χ1v) is 11.7. The molecule has 4 rings (SSSR count). The lowest BCUT2D eigenvalue weighted by Gasteiger charge is -2.38. The number of aryl methyl sites for hydroxylation is 1. The number of benzene rings is 1. The second-order valence-corrected chi connectivity index (χ2v) is 9.34. The Labute approximate surface area is 177 Å². The number of amides is 2. The van der Waals surface area contributed by atoms with Crippen molar-refractivity contribution in [1.82, 2.24) is 9.80 Å². The second-order valence-electron chi connectivity index (χ2n) is 8.34. The van der Waals surface area contributed by atoms with E-state index in [4.69, 9.17) is 0 Å². The Morgan fingerprint density at radius 3 is 2.59 bits per heavy atom. The van der Waals surface area contributed by atoms with Gasteiger partial charge in [0.1, 0.15) is 0 Å². The number of thiophene rings is 1. The smallest absolute Gasteiger partial charge is 0.242 e. The first-order chi connectivity index (χ1) is 14.1. The second kappa shape index (κ2) is 8.70. The van der Waals surface area contributed by atoms with Gasteiger partial charge in [0.25, 0.3) is 0 Å². The third-order valence-electron chi connectivity index (χ3n) is 6.27. The van der Waals surface area contributed by atoms with Crippen molar-refractivity contribution in [2.75, 3.05) is 19.6 Å². The standard InChI is InChI=1S/C24H30N2O2S/c1-3-13-25(24(28)19-5-4-6-19)16-22(27)26-14-11-21-20(12-15-29-21)23(26)18-9-7-17(2)8-10-18/h7-10,12,15,19,23H,3-6,11,13-14,16H2,1-2H3. The molecule has 0 saturated heterocycles. The highest BCUT2D eigenvalue weighted by Gasteiger charge is 2.35. The molecule has 2 aliphatic rings. The fourth-order valence-electron chi connectivity index (χ4n) is 4.40. The molecule has 0 spiro atoms. The van der Waals surface area contributed by atoms with Gasteiger partial charge in [-0.1, -0.05) is 43.2 Å². The average molecular weight is 411 g/mol. The lowest BCUT2D eigenvalue weighted by Crippen LogP contribution is -2.48. The molecule has 1 unspecified atom stereocenters. The summed E-state index contributed by atoms with van der Waals surface area (Å²) in [7, 11) is 0. The fourth-order valence-corrected chi connectivity index (χ4v) is 5.30. The van der Waals surface area contributed by atoms with E-state index in [9.17, 15) is 9.59 Å². The summed E-state index contributed by atoms with van der Waals surface area (Å²) in [5.74, 6) is 0.368. The van der Waals surface area contributed by atoms with Crippen molar-refractivity contribution >= 4 is 23.2 Å². The van der Waals surface area contributed by atoms with Crippen molar-refractivity contribution in [2.24, 2.45) is 5.92 Å². The van der Waals surface area contributed by atoms with Crippen LogP contribution < -0.4 is 0 Å². The van der Waals surface area contributed by atoms with Gasteiger partial charge in [0.05, 0.1) is 12.6 Å². The van der Waals surface area contributed by atoms with Crippen LogP contribution in [0.2, 0.25) is 0 Å². The SMILES string of the molecule is CCCN(CC(=O)N1CCc2sccc2C1c1ccc(C)cc1)C(=O)C1CCC1. The molecule has 2 aromatic rings. The van der Waals surface area contributed by atoms with Crippen molar-refractivity contribution in [3.63, 3.8) is 0 Å². The quantitative estimate of drug-likeness (QED) is 0.700. The maximum absolute atomic E-state index is 13.4. The van der Waals surface area contributed by atoms with Crippen molar-refractivity contribution in [2.45, 2.75) is 52.0 Å². The largest absolute Gasteiger partial charge is 0.333 e. The Bertz CT molecular complexity index is 869. The van der Waals surface area contributed by atoms with E-state index in [-0.39, 0.29) is 30.3 Å². The van der Waals surface area contributed by atoms with E-state index in [0.29, 0.717) is 13.1 Å². The topological polar surface area (TPSA) is 40.6 Å². The molecule has 5 heteroatoms. The summed E-state index contributed by atoms with van der Waals surface area (Å²) in [4.78, 5) is 31.4. The van der Waals surface area contributed by atoms with Crippen LogP contribution in [0, 0.1) is 12.8 Å². The third kappa shape index (κ3) is 4.11. The first kappa shape index (κ1) is 20.1. The maximum atomic E-state index is 13.4. The average Bonchev–Trinajstić information content (AvgIpc) is 3.15. The number of carbonyl (C=O) groups is 2. The van der Waals surface area contributed by atoms with E-state index in [0.717, 1.165) is 37.7 Å². The van der Waals surface area contributed by atoms with Crippen molar-refractivity contribution < 1.29 is 9.59 Å². The van der Waals surface area contributed by atoms with Gasteiger partial charge in [0, 0.05) is 23.9 Å². The van der Waals surface area contributed by atoms with E-state index < -0.39 is 0 Å². The van der Waals surface area contributed by atoms with Crippen LogP contribution in [0.25, 0.3) is 0 Å². The highest BCUT2D eigenvalue weighted by Crippen LogP contribution is 2.38. The van der Waals surface area contributed by atoms with E-state index in [1.165, 1.54) is 16.0 Å². The van der Waals surface area contributed by atoms with Gasteiger partial charge in [-0.05, 0) is 55.2 Å². The van der Waals surface area contributed by atoms with E-state index >= 15 is 0 Å². The monoisotopic (exact) mass is 410 g/mol. The molecule has 0 bridgehead atoms. The molecular weight excluding hydrogens is 380 g/mol. The molecule has 1 aromatic heterocycles. The first-order valence-electron chi connectivity index (χ1n) is 10.8. The minimum atomic E-state index is -0.0552. The number of fused-ring (bicyclic) bond motifs is 1. The van der Waals surface area contributed by atoms with Gasteiger partial charge in [-0.2, -0.15) is 0 Å². The predicted octanol–water partition coefficient (Wildman–Crippen LogP) is 4.57. The Kier molecular flexibility index (Phi) is 6.04. The van der Waals surface area contributed by atoms with Crippen LogP contribution in [-0.2, 0) is 16.0 Å². The zero-order valence-corrected chi connectivity index (χ0v) is 18.2. The number of hydrogen-bond acceptors (Lipinski definition) is 3. The van der Waals surface area contributed by atoms with Gasteiger partial charge >= 0.3 is 0 Å². The highest BCUT2D eigenvalue weighted by atomic mass is 32.1. The van der Waals surface area contributed by atoms with Crippen molar-refractivity contribution in [3.05, 3.63) is 57.3 Å². The lowest BCUT2D eigenvalue weighted by atomic mass is 9.84. The van der Waals surface area contributed by atoms with Gasteiger partial charge in [-0.25, -0.2) is 0 Å². The molecule has 2 amide bonds. The highest BCUT2D eigenvalue weighted by molar-refractivity contribution is 7.10. The molecule has 1 saturated carbocycles. The molecule has 29 heavy (non-hydrogen) atoms. The molecule has 0 radical (unpaired) electrons. The summed E-state index contributed by atoms with van der Waals surface area (Å²) in [6.07, 6.45) is 4.85. The van der Waals surface area contributed by atoms with Crippen LogP contribution in [0.15, 0.2) is 35.7 Å². The van der Waals surface area contributed by atoms with E-state index in [2.05, 4.69) is 49.6 Å². The number of rotatable bonds is 6. The molecule has 1 aliphatic heterocycles.